The summed E-state index contributed by atoms with van der Waals surface area (Å²) in [6.07, 6.45) is 2.00. The zero-order valence-corrected chi connectivity index (χ0v) is 26.2. The van der Waals surface area contributed by atoms with Crippen LogP contribution in [0.4, 0.5) is 4.39 Å². The molecule has 41 heavy (non-hydrogen) atoms. The number of rotatable bonds is 5. The van der Waals surface area contributed by atoms with E-state index < -0.39 is 23.5 Å². The van der Waals surface area contributed by atoms with Crippen LogP contribution in [0.25, 0.3) is 11.1 Å². The molecule has 2 aromatic carbocycles. The van der Waals surface area contributed by atoms with Gasteiger partial charge in [0.25, 0.3) is 0 Å². The van der Waals surface area contributed by atoms with Gasteiger partial charge in [-0.2, -0.15) is 0 Å². The van der Waals surface area contributed by atoms with Crippen LogP contribution < -0.4 is 4.74 Å². The first-order chi connectivity index (χ1) is 19.0. The number of hydrogen-bond acceptors (Lipinski definition) is 4. The monoisotopic (exact) mass is 567 g/mol. The van der Waals surface area contributed by atoms with Crippen molar-refractivity contribution in [3.05, 3.63) is 50.8 Å². The van der Waals surface area contributed by atoms with Crippen LogP contribution in [0.5, 0.6) is 5.75 Å². The summed E-state index contributed by atoms with van der Waals surface area (Å²) >= 11 is 0. The van der Waals surface area contributed by atoms with E-state index in [9.17, 15) is 14.7 Å². The van der Waals surface area contributed by atoms with Gasteiger partial charge in [0.15, 0.2) is 17.7 Å². The predicted octanol–water partition coefficient (Wildman–Crippen LogP) is 7.05. The molecule has 6 nitrogen and oxygen atoms in total. The second kappa shape index (κ2) is 11.4. The molecule has 0 bridgehead atoms. The van der Waals surface area contributed by atoms with E-state index in [2.05, 4.69) is 20.8 Å². The normalized spacial score (nSPS) is 16.4. The van der Waals surface area contributed by atoms with Crippen LogP contribution in [0.2, 0.25) is 0 Å². The molecule has 2 aliphatic heterocycles. The molecule has 0 spiro atoms. The third-order valence-corrected chi connectivity index (χ3v) is 8.28. The second-order valence-electron chi connectivity index (χ2n) is 13.9. The quantitative estimate of drug-likeness (QED) is 0.419. The molecule has 1 amide bonds. The number of aliphatic carboxylic acids is 1. The third-order valence-electron chi connectivity index (χ3n) is 8.28. The number of ether oxygens (including phenoxy) is 2. The lowest BCUT2D eigenvalue weighted by molar-refractivity contribution is -0.160. The maximum Gasteiger partial charge on any atom is 0.337 e. The SMILES string of the molecule is Cc1c(-c2c(C)c3c(c(C)c2[C@H](OC(C)(C)C)C(=O)O)CCN(C(=O)CC(C)(C)C)CC3)cc(F)c2c1CCCO2. The van der Waals surface area contributed by atoms with Crippen LogP contribution in [0.3, 0.4) is 0 Å². The Hall–Kier alpha value is -2.93. The first-order valence-electron chi connectivity index (χ1n) is 14.8. The summed E-state index contributed by atoms with van der Waals surface area (Å²) in [6.45, 7) is 19.3. The van der Waals surface area contributed by atoms with Crippen molar-refractivity contribution >= 4 is 11.9 Å². The van der Waals surface area contributed by atoms with Crippen molar-refractivity contribution in [3.63, 3.8) is 0 Å². The minimum atomic E-state index is -1.24. The van der Waals surface area contributed by atoms with Gasteiger partial charge in [0.05, 0.1) is 12.2 Å². The van der Waals surface area contributed by atoms with E-state index in [1.165, 1.54) is 6.07 Å². The Bertz CT molecular complexity index is 1370. The average molecular weight is 568 g/mol. The fourth-order valence-corrected chi connectivity index (χ4v) is 6.43. The Labute approximate surface area is 244 Å². The molecule has 0 radical (unpaired) electrons. The van der Waals surface area contributed by atoms with E-state index in [1.54, 1.807) is 0 Å². The Balaban J connectivity index is 1.96. The molecule has 0 aromatic heterocycles. The van der Waals surface area contributed by atoms with Gasteiger partial charge in [-0.1, -0.05) is 20.8 Å². The van der Waals surface area contributed by atoms with Crippen LogP contribution >= 0.6 is 0 Å². The summed E-state index contributed by atoms with van der Waals surface area (Å²) in [5, 5.41) is 10.5. The molecule has 2 aromatic rings. The Kier molecular flexibility index (Phi) is 8.62. The minimum Gasteiger partial charge on any atom is -0.490 e. The third kappa shape index (κ3) is 6.45. The first-order valence-corrected chi connectivity index (χ1v) is 14.8. The standard InChI is InChI=1S/C34H46FNO5/c1-19-24-11-10-16-40-30(24)26(35)17-25(19)28-20(2)22-12-14-36(27(37)18-33(4,5)6)15-13-23(22)21(3)29(28)31(32(38)39)41-34(7,8)9/h17,31H,10-16,18H2,1-9H3,(H,38,39)/t31-/m0/s1. The molecule has 0 unspecified atom stereocenters. The lowest BCUT2D eigenvalue weighted by Gasteiger charge is -2.31. The van der Waals surface area contributed by atoms with Crippen molar-refractivity contribution in [2.45, 2.75) is 106 Å². The average Bonchev–Trinajstić information content (AvgIpc) is 3.09. The smallest absolute Gasteiger partial charge is 0.337 e. The van der Waals surface area contributed by atoms with Gasteiger partial charge in [-0.25, -0.2) is 9.18 Å². The van der Waals surface area contributed by atoms with Gasteiger partial charge < -0.3 is 19.5 Å². The molecule has 0 saturated heterocycles. The number of carbonyl (C=O) groups is 2. The number of halogens is 1. The van der Waals surface area contributed by atoms with Crippen LogP contribution in [-0.4, -0.2) is 47.2 Å². The van der Waals surface area contributed by atoms with Crippen LogP contribution in [0.1, 0.15) is 99.4 Å². The minimum absolute atomic E-state index is 0.112. The summed E-state index contributed by atoms with van der Waals surface area (Å²) in [5.41, 5.74) is 6.81. The number of carbonyl (C=O) groups excluding carboxylic acids is 1. The van der Waals surface area contributed by atoms with Crippen molar-refractivity contribution < 1.29 is 28.6 Å². The molecule has 224 valence electrons. The number of carboxylic acids is 1. The molecule has 2 heterocycles. The van der Waals surface area contributed by atoms with E-state index in [1.807, 2.05) is 46.4 Å². The van der Waals surface area contributed by atoms with Crippen molar-refractivity contribution in [3.8, 4) is 16.9 Å². The fraction of sp³-hybridized carbons (Fsp3) is 0.588. The maximum absolute atomic E-state index is 15.6. The molecule has 4 rings (SSSR count). The number of carboxylic acid groups (broad SMARTS) is 1. The topological polar surface area (TPSA) is 76.1 Å². The Morgan fingerprint density at radius 3 is 2.15 bits per heavy atom. The second-order valence-corrected chi connectivity index (χ2v) is 13.9. The summed E-state index contributed by atoms with van der Waals surface area (Å²) in [6, 6.07) is 1.50. The summed E-state index contributed by atoms with van der Waals surface area (Å²) in [4.78, 5) is 28.0. The van der Waals surface area contributed by atoms with Crippen LogP contribution in [-0.2, 0) is 33.6 Å². The molecule has 0 fully saturated rings. The highest BCUT2D eigenvalue weighted by Gasteiger charge is 2.36. The van der Waals surface area contributed by atoms with Gasteiger partial charge in [0.2, 0.25) is 5.91 Å². The summed E-state index contributed by atoms with van der Waals surface area (Å²) in [5.74, 6) is -1.08. The maximum atomic E-state index is 15.6. The molecule has 7 heteroatoms. The molecule has 0 saturated carbocycles. The molecule has 1 N–H and O–H groups in total. The van der Waals surface area contributed by atoms with Crippen molar-refractivity contribution in [1.29, 1.82) is 0 Å². The molecular weight excluding hydrogens is 521 g/mol. The highest BCUT2D eigenvalue weighted by molar-refractivity contribution is 5.86. The van der Waals surface area contributed by atoms with Crippen LogP contribution in [0, 0.1) is 32.0 Å². The van der Waals surface area contributed by atoms with Crippen LogP contribution in [0.15, 0.2) is 6.07 Å². The fourth-order valence-electron chi connectivity index (χ4n) is 6.43. The summed E-state index contributed by atoms with van der Waals surface area (Å²) in [7, 11) is 0. The van der Waals surface area contributed by atoms with E-state index in [0.717, 1.165) is 45.4 Å². The van der Waals surface area contributed by atoms with Gasteiger partial charge >= 0.3 is 5.97 Å². The number of nitrogens with zero attached hydrogens (tertiary/aromatic N) is 1. The lowest BCUT2D eigenvalue weighted by atomic mass is 9.79. The first kappa shape index (κ1) is 31.0. The highest BCUT2D eigenvalue weighted by atomic mass is 19.1. The number of benzene rings is 2. The molecular formula is C34H46FNO5. The van der Waals surface area contributed by atoms with Gasteiger partial charge in [0.1, 0.15) is 0 Å². The van der Waals surface area contributed by atoms with Crippen molar-refractivity contribution in [2.24, 2.45) is 5.41 Å². The zero-order chi connectivity index (χ0) is 30.4. The predicted molar refractivity (Wildman–Crippen MR) is 159 cm³/mol. The molecule has 2 aliphatic rings. The van der Waals surface area contributed by atoms with E-state index in [-0.39, 0.29) is 11.3 Å². The van der Waals surface area contributed by atoms with Crippen molar-refractivity contribution in [2.75, 3.05) is 19.7 Å². The van der Waals surface area contributed by atoms with Gasteiger partial charge in [0, 0.05) is 30.6 Å². The Morgan fingerprint density at radius 2 is 1.59 bits per heavy atom. The molecule has 1 atom stereocenters. The Morgan fingerprint density at radius 1 is 0.976 bits per heavy atom. The highest BCUT2D eigenvalue weighted by Crippen LogP contribution is 2.45. The van der Waals surface area contributed by atoms with Gasteiger partial charge in [-0.05, 0) is 118 Å². The summed E-state index contributed by atoms with van der Waals surface area (Å²) < 4.78 is 27.5. The van der Waals surface area contributed by atoms with Gasteiger partial charge in [-0.3, -0.25) is 4.79 Å². The molecule has 0 aliphatic carbocycles. The number of amides is 1. The van der Waals surface area contributed by atoms with E-state index >= 15 is 4.39 Å². The van der Waals surface area contributed by atoms with E-state index in [0.29, 0.717) is 62.3 Å². The van der Waals surface area contributed by atoms with E-state index in [4.69, 9.17) is 9.47 Å². The number of fused-ring (bicyclic) bond motifs is 2. The largest absolute Gasteiger partial charge is 0.490 e. The number of hydrogen-bond donors (Lipinski definition) is 1. The lowest BCUT2D eigenvalue weighted by Crippen LogP contribution is -2.35. The van der Waals surface area contributed by atoms with Gasteiger partial charge in [-0.15, -0.1) is 0 Å². The van der Waals surface area contributed by atoms with Crippen molar-refractivity contribution in [1.82, 2.24) is 4.90 Å². The zero-order valence-electron chi connectivity index (χ0n) is 26.2.